The Bertz CT molecular complexity index is 1360. The number of nitrogens with one attached hydrogen (secondary N) is 1. The number of carbonyl (C=O) groups excluding carboxylic acids is 1. The second-order valence-electron chi connectivity index (χ2n) is 6.94. The van der Waals surface area contributed by atoms with Gasteiger partial charge in [0.05, 0.1) is 36.0 Å². The van der Waals surface area contributed by atoms with Crippen molar-refractivity contribution in [3.8, 4) is 11.5 Å². The lowest BCUT2D eigenvalue weighted by Gasteiger charge is -2.20. The van der Waals surface area contributed by atoms with Gasteiger partial charge in [-0.15, -0.1) is 10.2 Å². The Hall–Kier alpha value is -4.28. The summed E-state index contributed by atoms with van der Waals surface area (Å²) in [6.07, 6.45) is 4.91. The van der Waals surface area contributed by atoms with Crippen molar-refractivity contribution in [2.75, 3.05) is 0 Å². The minimum Gasteiger partial charge on any atom is -0.438 e. The quantitative estimate of drug-likeness (QED) is 0.485. The van der Waals surface area contributed by atoms with Crippen LogP contribution in [0.1, 0.15) is 34.0 Å². The number of para-hydroxylation sites is 2. The number of oxazole rings is 1. The Balaban J connectivity index is 1.38. The Morgan fingerprint density at radius 3 is 2.97 bits per heavy atom. The zero-order valence-electron chi connectivity index (χ0n) is 15.7. The second-order valence-corrected chi connectivity index (χ2v) is 6.94. The van der Waals surface area contributed by atoms with Crippen LogP contribution in [0.15, 0.2) is 51.8 Å². The van der Waals surface area contributed by atoms with Crippen LogP contribution in [-0.4, -0.2) is 45.7 Å². The molecule has 11 heteroatoms. The van der Waals surface area contributed by atoms with Gasteiger partial charge in [-0.05, 0) is 12.1 Å². The number of H-pyrrole nitrogens is 1. The summed E-state index contributed by atoms with van der Waals surface area (Å²) in [7, 11) is 1.78. The minimum absolute atomic E-state index is 0.125. The van der Waals surface area contributed by atoms with Crippen LogP contribution in [0.5, 0.6) is 0 Å². The Morgan fingerprint density at radius 1 is 1.23 bits per heavy atom. The van der Waals surface area contributed by atoms with Crippen LogP contribution in [0.2, 0.25) is 0 Å². The molecule has 1 aromatic carbocycles. The van der Waals surface area contributed by atoms with Crippen LogP contribution in [0.25, 0.3) is 22.6 Å². The molecule has 11 nitrogen and oxygen atoms in total. The number of hydrogen-bond acceptors (Lipinski definition) is 8. The van der Waals surface area contributed by atoms with Crippen LogP contribution >= 0.6 is 0 Å². The maximum Gasteiger partial charge on any atom is 0.312 e. The van der Waals surface area contributed by atoms with E-state index in [9.17, 15) is 4.79 Å². The van der Waals surface area contributed by atoms with E-state index in [2.05, 4.69) is 30.2 Å². The van der Waals surface area contributed by atoms with Gasteiger partial charge >= 0.3 is 11.8 Å². The van der Waals surface area contributed by atoms with Gasteiger partial charge in [0.25, 0.3) is 5.89 Å². The summed E-state index contributed by atoms with van der Waals surface area (Å²) in [6.45, 7) is 0.294. The molecule has 0 fully saturated rings. The summed E-state index contributed by atoms with van der Waals surface area (Å²) in [6, 6.07) is 6.83. The van der Waals surface area contributed by atoms with E-state index < -0.39 is 11.9 Å². The fraction of sp³-hybridized carbons (Fsp3) is 0.158. The molecule has 30 heavy (non-hydrogen) atoms. The first-order valence-electron chi connectivity index (χ1n) is 9.18. The van der Waals surface area contributed by atoms with Gasteiger partial charge < -0.3 is 18.7 Å². The Kier molecular flexibility index (Phi) is 3.39. The normalized spacial score (nSPS) is 15.8. The maximum atomic E-state index is 13.3. The highest BCUT2D eigenvalue weighted by Crippen LogP contribution is 2.38. The molecule has 1 aliphatic heterocycles. The van der Waals surface area contributed by atoms with E-state index in [0.29, 0.717) is 34.8 Å². The summed E-state index contributed by atoms with van der Waals surface area (Å²) in [5.41, 5.74) is 3.47. The van der Waals surface area contributed by atoms with Gasteiger partial charge in [-0.3, -0.25) is 9.48 Å². The SMILES string of the molecule is Cn1cc(-c2nnc(C(=O)N3Cc4[nH]cnc4[C@H]3c3nc4ccccc4o3)o2)cn1. The van der Waals surface area contributed by atoms with Crippen molar-refractivity contribution >= 4 is 17.0 Å². The molecule has 6 rings (SSSR count). The van der Waals surface area contributed by atoms with Gasteiger partial charge in [-0.1, -0.05) is 12.1 Å². The van der Waals surface area contributed by atoms with Crippen molar-refractivity contribution in [2.24, 2.45) is 7.05 Å². The molecule has 0 saturated heterocycles. The van der Waals surface area contributed by atoms with E-state index in [0.717, 1.165) is 5.69 Å². The number of aromatic nitrogens is 7. The van der Waals surface area contributed by atoms with Crippen molar-refractivity contribution < 1.29 is 13.6 Å². The van der Waals surface area contributed by atoms with Gasteiger partial charge in [0.15, 0.2) is 11.6 Å². The van der Waals surface area contributed by atoms with Crippen molar-refractivity contribution in [3.05, 3.63) is 66.2 Å². The molecule has 5 heterocycles. The van der Waals surface area contributed by atoms with E-state index in [-0.39, 0.29) is 11.8 Å². The number of amides is 1. The van der Waals surface area contributed by atoms with Crippen LogP contribution in [-0.2, 0) is 13.6 Å². The lowest BCUT2D eigenvalue weighted by Crippen LogP contribution is -2.31. The number of aryl methyl sites for hydroxylation is 1. The summed E-state index contributed by atoms with van der Waals surface area (Å²) in [5, 5.41) is 12.0. The Labute approximate surface area is 168 Å². The molecule has 4 aromatic heterocycles. The van der Waals surface area contributed by atoms with Gasteiger partial charge in [0, 0.05) is 13.2 Å². The Morgan fingerprint density at radius 2 is 2.13 bits per heavy atom. The van der Waals surface area contributed by atoms with Crippen molar-refractivity contribution in [1.82, 2.24) is 39.8 Å². The number of carbonyl (C=O) groups is 1. The van der Waals surface area contributed by atoms with E-state index in [1.807, 2.05) is 24.3 Å². The lowest BCUT2D eigenvalue weighted by molar-refractivity contribution is 0.0656. The first kappa shape index (κ1) is 16.7. The molecule has 0 bridgehead atoms. The average molecular weight is 402 g/mol. The fourth-order valence-electron chi connectivity index (χ4n) is 3.63. The number of fused-ring (bicyclic) bond motifs is 2. The van der Waals surface area contributed by atoms with E-state index in [1.54, 1.807) is 35.4 Å². The highest BCUT2D eigenvalue weighted by Gasteiger charge is 2.42. The number of nitrogens with zero attached hydrogens (tertiary/aromatic N) is 7. The predicted molar refractivity (Wildman–Crippen MR) is 101 cm³/mol. The molecule has 0 saturated carbocycles. The molecule has 0 radical (unpaired) electrons. The molecule has 148 valence electrons. The molecule has 1 N–H and O–H groups in total. The number of imidazole rings is 1. The predicted octanol–water partition coefficient (Wildman–Crippen LogP) is 2.08. The molecule has 1 aliphatic rings. The van der Waals surface area contributed by atoms with E-state index in [1.165, 1.54) is 0 Å². The fourth-order valence-corrected chi connectivity index (χ4v) is 3.63. The number of aromatic amines is 1. The zero-order chi connectivity index (χ0) is 20.2. The van der Waals surface area contributed by atoms with Crippen molar-refractivity contribution in [3.63, 3.8) is 0 Å². The van der Waals surface area contributed by atoms with E-state index >= 15 is 0 Å². The molecule has 0 spiro atoms. The number of rotatable bonds is 3. The third-order valence-corrected chi connectivity index (χ3v) is 5.02. The third-order valence-electron chi connectivity index (χ3n) is 5.02. The van der Waals surface area contributed by atoms with E-state index in [4.69, 9.17) is 8.83 Å². The lowest BCUT2D eigenvalue weighted by atomic mass is 10.2. The van der Waals surface area contributed by atoms with Crippen LogP contribution in [0.4, 0.5) is 0 Å². The van der Waals surface area contributed by atoms with Gasteiger partial charge in [0.2, 0.25) is 5.89 Å². The molecule has 0 unspecified atom stereocenters. The first-order valence-corrected chi connectivity index (χ1v) is 9.18. The van der Waals surface area contributed by atoms with Crippen LogP contribution < -0.4 is 0 Å². The van der Waals surface area contributed by atoms with Gasteiger partial charge in [0.1, 0.15) is 5.52 Å². The topological polar surface area (TPSA) is 132 Å². The summed E-state index contributed by atoms with van der Waals surface area (Å²) in [4.78, 5) is 26.8. The van der Waals surface area contributed by atoms with Crippen LogP contribution in [0, 0.1) is 0 Å². The highest BCUT2D eigenvalue weighted by atomic mass is 16.4. The van der Waals surface area contributed by atoms with Crippen molar-refractivity contribution in [1.29, 1.82) is 0 Å². The maximum absolute atomic E-state index is 13.3. The average Bonchev–Trinajstić information content (AvgIpc) is 3.53. The van der Waals surface area contributed by atoms with Gasteiger partial charge in [-0.2, -0.15) is 5.10 Å². The molecule has 0 aliphatic carbocycles. The molecular weight excluding hydrogens is 388 g/mol. The largest absolute Gasteiger partial charge is 0.438 e. The number of benzene rings is 1. The third kappa shape index (κ3) is 2.45. The molecular formula is C19H14N8O3. The second kappa shape index (κ2) is 6.11. The molecule has 1 atom stereocenters. The molecule has 1 amide bonds. The zero-order valence-corrected chi connectivity index (χ0v) is 15.7. The first-order chi connectivity index (χ1) is 14.7. The monoisotopic (exact) mass is 402 g/mol. The van der Waals surface area contributed by atoms with Crippen LogP contribution in [0.3, 0.4) is 0 Å². The number of hydrogen-bond donors (Lipinski definition) is 1. The van der Waals surface area contributed by atoms with Crippen molar-refractivity contribution in [2.45, 2.75) is 12.6 Å². The highest BCUT2D eigenvalue weighted by molar-refractivity contribution is 5.90. The minimum atomic E-state index is -0.597. The standard InChI is InChI=1S/C19H14N8O3/c1-26-7-10(6-22-26)16-24-25-18(30-16)19(28)27-8-12-14(21-9-20-12)15(27)17-23-11-4-2-3-5-13(11)29-17/h2-7,9,15H,8H2,1H3,(H,20,21)/t15-/m0/s1. The summed E-state index contributed by atoms with van der Waals surface area (Å²) >= 11 is 0. The summed E-state index contributed by atoms with van der Waals surface area (Å²) < 4.78 is 13.2. The summed E-state index contributed by atoms with van der Waals surface area (Å²) in [5.74, 6) is 0.0412. The van der Waals surface area contributed by atoms with Gasteiger partial charge in [-0.25, -0.2) is 9.97 Å². The smallest absolute Gasteiger partial charge is 0.312 e. The molecule has 5 aromatic rings.